The first kappa shape index (κ1) is 13.5. The zero-order valence-corrected chi connectivity index (χ0v) is 12.6. The van der Waals surface area contributed by atoms with Gasteiger partial charge in [-0.15, -0.1) is 0 Å². The van der Waals surface area contributed by atoms with Crippen molar-refractivity contribution in [2.75, 3.05) is 7.11 Å². The molecule has 1 aromatic carbocycles. The third-order valence-corrected chi connectivity index (χ3v) is 4.78. The molecule has 0 spiro atoms. The van der Waals surface area contributed by atoms with E-state index in [-0.39, 0.29) is 6.10 Å². The van der Waals surface area contributed by atoms with Crippen molar-refractivity contribution in [1.82, 2.24) is 0 Å². The molecule has 0 aliphatic heterocycles. The second kappa shape index (κ2) is 5.39. The molecule has 0 aliphatic rings. The summed E-state index contributed by atoms with van der Waals surface area (Å²) < 4.78 is 7.86. The molecule has 0 amide bonds. The average molecular weight is 283 g/mol. The van der Waals surface area contributed by atoms with Crippen LogP contribution in [0.15, 0.2) is 24.3 Å². The lowest BCUT2D eigenvalue weighted by atomic mass is 10.1. The monoisotopic (exact) mass is 282 g/mol. The number of nitrogens with zero attached hydrogens (tertiary/aromatic N) is 1. The van der Waals surface area contributed by atoms with Gasteiger partial charge in [-0.2, -0.15) is 4.57 Å². The van der Waals surface area contributed by atoms with Gasteiger partial charge in [0.25, 0.3) is 5.01 Å². The van der Waals surface area contributed by atoms with Crippen LogP contribution in [0.4, 0.5) is 0 Å². The van der Waals surface area contributed by atoms with Crippen LogP contribution in [0.2, 0.25) is 5.02 Å². The third-order valence-electron chi connectivity index (χ3n) is 3.23. The molecule has 4 heteroatoms. The quantitative estimate of drug-likeness (QED) is 0.785. The molecule has 18 heavy (non-hydrogen) atoms. The van der Waals surface area contributed by atoms with Gasteiger partial charge in [-0.05, 0) is 24.6 Å². The van der Waals surface area contributed by atoms with Gasteiger partial charge < -0.3 is 4.74 Å². The van der Waals surface area contributed by atoms with Gasteiger partial charge in [-0.1, -0.05) is 35.1 Å². The highest BCUT2D eigenvalue weighted by Gasteiger charge is 2.27. The fourth-order valence-corrected chi connectivity index (χ4v) is 3.28. The number of thiazole rings is 1. The highest BCUT2D eigenvalue weighted by Crippen LogP contribution is 2.29. The molecular weight excluding hydrogens is 266 g/mol. The van der Waals surface area contributed by atoms with E-state index in [1.165, 1.54) is 15.6 Å². The Kier molecular flexibility index (Phi) is 4.05. The minimum Gasteiger partial charge on any atom is -0.365 e. The number of hydrogen-bond donors (Lipinski definition) is 0. The van der Waals surface area contributed by atoms with Crippen LogP contribution in [-0.2, 0) is 11.8 Å². The molecular formula is C14H17ClNOS+. The van der Waals surface area contributed by atoms with Gasteiger partial charge >= 0.3 is 0 Å². The van der Waals surface area contributed by atoms with E-state index in [1.807, 2.05) is 24.3 Å². The molecule has 1 heterocycles. The summed E-state index contributed by atoms with van der Waals surface area (Å²) >= 11 is 7.70. The summed E-state index contributed by atoms with van der Waals surface area (Å²) in [4.78, 5) is 1.32. The number of ether oxygens (including phenoxy) is 1. The van der Waals surface area contributed by atoms with E-state index in [9.17, 15) is 0 Å². The smallest absolute Gasteiger partial charge is 0.271 e. The number of hydrogen-bond acceptors (Lipinski definition) is 2. The van der Waals surface area contributed by atoms with Crippen molar-refractivity contribution < 1.29 is 9.30 Å². The molecule has 2 aromatic rings. The Bertz CT molecular complexity index is 548. The number of rotatable bonds is 3. The van der Waals surface area contributed by atoms with E-state index in [1.54, 1.807) is 18.4 Å². The van der Waals surface area contributed by atoms with Crippen molar-refractivity contribution in [3.8, 4) is 0 Å². The van der Waals surface area contributed by atoms with Crippen LogP contribution in [0, 0.1) is 13.8 Å². The standard InChI is InChI=1S/C14H17ClNOS/c1-9-10(2)18-14(16(9)3)13(17-4)11-5-7-12(15)8-6-11/h5-8,13H,1-4H3/q+1. The first-order chi connectivity index (χ1) is 8.54. The van der Waals surface area contributed by atoms with Crippen molar-refractivity contribution >= 4 is 22.9 Å². The maximum Gasteiger partial charge on any atom is 0.271 e. The molecule has 2 nitrogen and oxygen atoms in total. The number of aryl methyl sites for hydroxylation is 1. The fraction of sp³-hybridized carbons (Fsp3) is 0.357. The molecule has 96 valence electrons. The maximum absolute atomic E-state index is 5.92. The van der Waals surface area contributed by atoms with Gasteiger partial charge in [-0.3, -0.25) is 0 Å². The highest BCUT2D eigenvalue weighted by atomic mass is 35.5. The van der Waals surface area contributed by atoms with Crippen molar-refractivity contribution in [2.45, 2.75) is 20.0 Å². The van der Waals surface area contributed by atoms with Crippen molar-refractivity contribution in [1.29, 1.82) is 0 Å². The van der Waals surface area contributed by atoms with E-state index >= 15 is 0 Å². The highest BCUT2D eigenvalue weighted by molar-refractivity contribution is 7.11. The average Bonchev–Trinajstić information content (AvgIpc) is 2.61. The normalized spacial score (nSPS) is 12.7. The number of benzene rings is 1. The van der Waals surface area contributed by atoms with Crippen molar-refractivity contribution in [3.63, 3.8) is 0 Å². The molecule has 2 rings (SSSR count). The lowest BCUT2D eigenvalue weighted by Crippen LogP contribution is -2.35. The summed E-state index contributed by atoms with van der Waals surface area (Å²) in [5, 5.41) is 1.95. The molecule has 0 saturated heterocycles. The lowest BCUT2D eigenvalue weighted by Gasteiger charge is -2.11. The second-order valence-electron chi connectivity index (χ2n) is 4.31. The summed E-state index contributed by atoms with van der Waals surface area (Å²) in [5.74, 6) is 0. The van der Waals surface area contributed by atoms with Crippen LogP contribution in [0.25, 0.3) is 0 Å². The zero-order valence-electron chi connectivity index (χ0n) is 11.0. The first-order valence-electron chi connectivity index (χ1n) is 5.78. The Hall–Kier alpha value is -0.900. The molecule has 0 radical (unpaired) electrons. The summed E-state index contributed by atoms with van der Waals surface area (Å²) in [6.07, 6.45) is -0.0373. The van der Waals surface area contributed by atoms with Crippen LogP contribution >= 0.6 is 22.9 Å². The van der Waals surface area contributed by atoms with Crippen molar-refractivity contribution in [3.05, 3.63) is 50.4 Å². The van der Waals surface area contributed by atoms with Gasteiger partial charge in [0.2, 0.25) is 0 Å². The van der Waals surface area contributed by atoms with E-state index in [0.717, 1.165) is 10.6 Å². The molecule has 0 aliphatic carbocycles. The first-order valence-corrected chi connectivity index (χ1v) is 6.98. The largest absolute Gasteiger partial charge is 0.365 e. The van der Waals surface area contributed by atoms with Crippen LogP contribution in [-0.4, -0.2) is 7.11 Å². The Balaban J connectivity index is 2.45. The van der Waals surface area contributed by atoms with Gasteiger partial charge in [0, 0.05) is 19.1 Å². The Labute approximate surface area is 117 Å². The fourth-order valence-electron chi connectivity index (χ4n) is 1.95. The molecule has 0 fully saturated rings. The number of halogens is 1. The van der Waals surface area contributed by atoms with Gasteiger partial charge in [0.1, 0.15) is 7.05 Å². The molecule has 0 saturated carbocycles. The minimum absolute atomic E-state index is 0.0373. The molecule has 1 aromatic heterocycles. The summed E-state index contributed by atoms with van der Waals surface area (Å²) in [6.45, 7) is 4.27. The molecule has 1 unspecified atom stereocenters. The topological polar surface area (TPSA) is 13.1 Å². The van der Waals surface area contributed by atoms with Gasteiger partial charge in [0.15, 0.2) is 11.8 Å². The van der Waals surface area contributed by atoms with Gasteiger partial charge in [0.05, 0.1) is 4.88 Å². The number of methoxy groups -OCH3 is 1. The van der Waals surface area contributed by atoms with Crippen LogP contribution < -0.4 is 4.57 Å². The summed E-state index contributed by atoms with van der Waals surface area (Å²) in [7, 11) is 3.82. The minimum atomic E-state index is -0.0373. The summed E-state index contributed by atoms with van der Waals surface area (Å²) in [6, 6.07) is 7.83. The molecule has 0 bridgehead atoms. The molecule has 1 atom stereocenters. The third kappa shape index (κ3) is 2.44. The van der Waals surface area contributed by atoms with E-state index in [4.69, 9.17) is 16.3 Å². The molecule has 0 N–H and O–H groups in total. The predicted molar refractivity (Wildman–Crippen MR) is 75.3 cm³/mol. The predicted octanol–water partition coefficient (Wildman–Crippen LogP) is 3.58. The van der Waals surface area contributed by atoms with E-state index < -0.39 is 0 Å². The second-order valence-corrected chi connectivity index (χ2v) is 5.98. The van der Waals surface area contributed by atoms with Gasteiger partial charge in [-0.25, -0.2) is 0 Å². The van der Waals surface area contributed by atoms with E-state index in [0.29, 0.717) is 0 Å². The Morgan fingerprint density at radius 3 is 2.28 bits per heavy atom. The number of aromatic nitrogens is 1. The lowest BCUT2D eigenvalue weighted by molar-refractivity contribution is -0.683. The van der Waals surface area contributed by atoms with Crippen LogP contribution in [0.5, 0.6) is 0 Å². The zero-order chi connectivity index (χ0) is 13.3. The van der Waals surface area contributed by atoms with Crippen molar-refractivity contribution in [2.24, 2.45) is 7.05 Å². The Morgan fingerprint density at radius 1 is 1.22 bits per heavy atom. The maximum atomic E-state index is 5.92. The SMILES string of the molecule is COC(c1ccc(Cl)cc1)c1sc(C)c(C)[n+]1C. The Morgan fingerprint density at radius 2 is 1.83 bits per heavy atom. The van der Waals surface area contributed by atoms with E-state index in [2.05, 4.69) is 25.5 Å². The van der Waals surface area contributed by atoms with Crippen LogP contribution in [0.3, 0.4) is 0 Å². The van der Waals surface area contributed by atoms with Crippen LogP contribution in [0.1, 0.15) is 27.2 Å². The summed E-state index contributed by atoms with van der Waals surface area (Å²) in [5.41, 5.74) is 2.41.